The Morgan fingerprint density at radius 3 is 2.83 bits per heavy atom. The summed E-state index contributed by atoms with van der Waals surface area (Å²) >= 11 is 0. The van der Waals surface area contributed by atoms with Crippen LogP contribution < -0.4 is 10.2 Å². The summed E-state index contributed by atoms with van der Waals surface area (Å²) in [7, 11) is 0. The highest BCUT2D eigenvalue weighted by Crippen LogP contribution is 2.24. The van der Waals surface area contributed by atoms with Crippen LogP contribution in [0.25, 0.3) is 0 Å². The second-order valence-corrected chi connectivity index (χ2v) is 8.33. The van der Waals surface area contributed by atoms with Crippen LogP contribution in [0, 0.1) is 12.7 Å². The summed E-state index contributed by atoms with van der Waals surface area (Å²) in [6.07, 6.45) is 3.28. The molecular formula is C24H28FN3O2. The van der Waals surface area contributed by atoms with E-state index in [0.717, 1.165) is 43.5 Å². The third kappa shape index (κ3) is 4.64. The van der Waals surface area contributed by atoms with Crippen molar-refractivity contribution in [2.24, 2.45) is 0 Å². The van der Waals surface area contributed by atoms with Gasteiger partial charge >= 0.3 is 0 Å². The minimum atomic E-state index is -0.225. The molecule has 4 rings (SSSR count). The number of carbonyl (C=O) groups is 2. The first-order valence-corrected chi connectivity index (χ1v) is 10.7. The molecule has 1 unspecified atom stereocenters. The van der Waals surface area contributed by atoms with Gasteiger partial charge < -0.3 is 15.1 Å². The molecule has 0 bridgehead atoms. The van der Waals surface area contributed by atoms with E-state index < -0.39 is 0 Å². The zero-order valence-corrected chi connectivity index (χ0v) is 17.4. The molecule has 5 nitrogen and oxygen atoms in total. The van der Waals surface area contributed by atoms with E-state index in [1.54, 1.807) is 12.1 Å². The number of rotatable bonds is 5. The van der Waals surface area contributed by atoms with E-state index in [9.17, 15) is 14.0 Å². The van der Waals surface area contributed by atoms with E-state index in [1.165, 1.54) is 6.07 Å². The molecule has 30 heavy (non-hydrogen) atoms. The van der Waals surface area contributed by atoms with E-state index in [-0.39, 0.29) is 23.7 Å². The highest BCUT2D eigenvalue weighted by molar-refractivity contribution is 5.94. The summed E-state index contributed by atoms with van der Waals surface area (Å²) in [6.45, 7) is 4.65. The van der Waals surface area contributed by atoms with E-state index >= 15 is 0 Å². The van der Waals surface area contributed by atoms with Gasteiger partial charge in [-0.1, -0.05) is 18.2 Å². The number of nitrogens with one attached hydrogen (secondary N) is 1. The van der Waals surface area contributed by atoms with Crippen LogP contribution >= 0.6 is 0 Å². The van der Waals surface area contributed by atoms with Crippen LogP contribution in [-0.4, -0.2) is 42.4 Å². The quantitative estimate of drug-likeness (QED) is 0.820. The fourth-order valence-corrected chi connectivity index (χ4v) is 4.35. The Morgan fingerprint density at radius 2 is 2.03 bits per heavy atom. The Bertz CT molecular complexity index is 946. The zero-order chi connectivity index (χ0) is 21.1. The summed E-state index contributed by atoms with van der Waals surface area (Å²) in [5, 5.41) is 3.12. The number of halogens is 1. The number of aryl methyl sites for hydroxylation is 1. The lowest BCUT2D eigenvalue weighted by molar-refractivity contribution is -0.128. The fraction of sp³-hybridized carbons (Fsp3) is 0.417. The molecule has 0 radical (unpaired) electrons. The molecule has 158 valence electrons. The van der Waals surface area contributed by atoms with Gasteiger partial charge in [0.15, 0.2) is 0 Å². The molecule has 2 aliphatic heterocycles. The fourth-order valence-electron chi connectivity index (χ4n) is 4.35. The molecule has 2 aliphatic rings. The van der Waals surface area contributed by atoms with Crippen LogP contribution in [0.4, 0.5) is 10.1 Å². The lowest BCUT2D eigenvalue weighted by Crippen LogP contribution is -2.48. The molecule has 2 fully saturated rings. The van der Waals surface area contributed by atoms with Crippen molar-refractivity contribution < 1.29 is 14.0 Å². The number of anilines is 1. The number of amides is 2. The van der Waals surface area contributed by atoms with E-state index in [1.807, 2.05) is 41.0 Å². The normalized spacial score (nSPS) is 19.3. The summed E-state index contributed by atoms with van der Waals surface area (Å²) < 4.78 is 14.3. The highest BCUT2D eigenvalue weighted by atomic mass is 19.1. The van der Waals surface area contributed by atoms with Crippen molar-refractivity contribution in [1.82, 2.24) is 10.2 Å². The summed E-state index contributed by atoms with van der Waals surface area (Å²) in [4.78, 5) is 28.6. The first-order chi connectivity index (χ1) is 14.5. The molecule has 0 saturated carbocycles. The predicted molar refractivity (Wildman–Crippen MR) is 115 cm³/mol. The molecule has 2 amide bonds. The predicted octanol–water partition coefficient (Wildman–Crippen LogP) is 3.66. The molecular weight excluding hydrogens is 381 g/mol. The summed E-state index contributed by atoms with van der Waals surface area (Å²) in [6, 6.07) is 12.6. The summed E-state index contributed by atoms with van der Waals surface area (Å²) in [5.41, 5.74) is 3.18. The van der Waals surface area contributed by atoms with Crippen LogP contribution in [0.2, 0.25) is 0 Å². The minimum absolute atomic E-state index is 0.0324. The van der Waals surface area contributed by atoms with Crippen molar-refractivity contribution >= 4 is 17.5 Å². The molecule has 1 N–H and O–H groups in total. The van der Waals surface area contributed by atoms with Gasteiger partial charge in [-0.15, -0.1) is 0 Å². The van der Waals surface area contributed by atoms with Crippen molar-refractivity contribution in [3.05, 3.63) is 65.0 Å². The second-order valence-electron chi connectivity index (χ2n) is 8.33. The van der Waals surface area contributed by atoms with Gasteiger partial charge in [0, 0.05) is 44.2 Å². The molecule has 0 aromatic heterocycles. The first-order valence-electron chi connectivity index (χ1n) is 10.7. The Morgan fingerprint density at radius 1 is 1.17 bits per heavy atom. The highest BCUT2D eigenvalue weighted by Gasteiger charge is 2.24. The molecule has 2 aromatic rings. The van der Waals surface area contributed by atoms with Crippen LogP contribution in [0.1, 0.15) is 47.2 Å². The lowest BCUT2D eigenvalue weighted by atomic mass is 10.0. The average Bonchev–Trinajstić information content (AvgIpc) is 3.14. The van der Waals surface area contributed by atoms with Crippen LogP contribution in [0.3, 0.4) is 0 Å². The Labute approximate surface area is 176 Å². The molecule has 2 heterocycles. The maximum atomic E-state index is 14.3. The zero-order valence-electron chi connectivity index (χ0n) is 17.4. The number of hydrogen-bond donors (Lipinski definition) is 1. The molecule has 0 spiro atoms. The largest absolute Gasteiger partial charge is 0.367 e. The maximum absolute atomic E-state index is 14.3. The Kier molecular flexibility index (Phi) is 6.02. The van der Waals surface area contributed by atoms with Crippen molar-refractivity contribution in [2.75, 3.05) is 24.5 Å². The van der Waals surface area contributed by atoms with Gasteiger partial charge in [-0.2, -0.15) is 0 Å². The number of likely N-dealkylation sites (tertiary alicyclic amines) is 1. The third-order valence-electron chi connectivity index (χ3n) is 5.93. The third-order valence-corrected chi connectivity index (χ3v) is 5.93. The molecule has 2 aromatic carbocycles. The lowest BCUT2D eigenvalue weighted by Gasteiger charge is -2.35. The Balaban J connectivity index is 1.40. The molecule has 1 atom stereocenters. The number of benzene rings is 2. The van der Waals surface area contributed by atoms with Crippen LogP contribution in [-0.2, 0) is 11.3 Å². The van der Waals surface area contributed by atoms with E-state index in [2.05, 4.69) is 5.32 Å². The van der Waals surface area contributed by atoms with Crippen molar-refractivity contribution in [2.45, 2.75) is 45.2 Å². The number of hydrogen-bond acceptors (Lipinski definition) is 3. The van der Waals surface area contributed by atoms with Gasteiger partial charge in [-0.3, -0.25) is 9.59 Å². The van der Waals surface area contributed by atoms with Gasteiger partial charge in [0.05, 0.1) is 5.69 Å². The molecule has 2 saturated heterocycles. The number of carbonyl (C=O) groups excluding carboxylic acids is 2. The average molecular weight is 410 g/mol. The van der Waals surface area contributed by atoms with Crippen molar-refractivity contribution in [1.29, 1.82) is 0 Å². The maximum Gasteiger partial charge on any atom is 0.251 e. The van der Waals surface area contributed by atoms with Gasteiger partial charge in [-0.25, -0.2) is 4.39 Å². The van der Waals surface area contributed by atoms with E-state index in [0.29, 0.717) is 30.8 Å². The van der Waals surface area contributed by atoms with Crippen LogP contribution in [0.5, 0.6) is 0 Å². The van der Waals surface area contributed by atoms with Gasteiger partial charge in [0.25, 0.3) is 5.91 Å². The van der Waals surface area contributed by atoms with Gasteiger partial charge in [-0.05, 0) is 61.6 Å². The van der Waals surface area contributed by atoms with Gasteiger partial charge in [0.2, 0.25) is 5.91 Å². The first kappa shape index (κ1) is 20.4. The summed E-state index contributed by atoms with van der Waals surface area (Å²) in [5.74, 6) is -0.173. The number of nitrogens with zero attached hydrogens (tertiary/aromatic N) is 2. The monoisotopic (exact) mass is 409 g/mol. The van der Waals surface area contributed by atoms with Crippen molar-refractivity contribution in [3.63, 3.8) is 0 Å². The van der Waals surface area contributed by atoms with Crippen molar-refractivity contribution in [3.8, 4) is 0 Å². The second kappa shape index (κ2) is 8.86. The Hall–Kier alpha value is -2.89. The molecule has 0 aliphatic carbocycles. The number of piperidine rings is 1. The smallest absolute Gasteiger partial charge is 0.251 e. The minimum Gasteiger partial charge on any atom is -0.367 e. The molecule has 6 heteroatoms. The standard InChI is InChI=1S/C24H28FN3O2/c1-17-9-10-21(25)22(13-17)27-11-3-7-20(16-27)26-24(30)19-6-2-5-18(14-19)15-28-12-4-8-23(28)29/h2,5-6,9-10,13-14,20H,3-4,7-8,11-12,15-16H2,1H3,(H,26,30). The van der Waals surface area contributed by atoms with Gasteiger partial charge in [0.1, 0.15) is 5.82 Å². The van der Waals surface area contributed by atoms with Crippen LogP contribution in [0.15, 0.2) is 42.5 Å². The SMILES string of the molecule is Cc1ccc(F)c(N2CCCC(NC(=O)c3cccc(CN4CCCC4=O)c3)C2)c1. The topological polar surface area (TPSA) is 52.7 Å². The van der Waals surface area contributed by atoms with E-state index in [4.69, 9.17) is 0 Å².